The predicted molar refractivity (Wildman–Crippen MR) is 136 cm³/mol. The molecular weight excluding hydrogens is 478 g/mol. The summed E-state index contributed by atoms with van der Waals surface area (Å²) in [4.78, 5) is 41.0. The lowest BCUT2D eigenvalue weighted by Crippen LogP contribution is -2.39. The van der Waals surface area contributed by atoms with Gasteiger partial charge in [0.25, 0.3) is 17.4 Å². The standard InChI is InChI=1S/C27H31N3O7/c1-2-14-37-22-9-4-7-20(18-22)25(31)23-24(19-6-3-8-21(17-19)30(34)35)29(27(33)26(23)32)11-5-10-28-12-15-36-16-13-28/h3-4,6-9,17-18,24,31H,2,5,10-16H2,1H3. The molecule has 2 fully saturated rings. The lowest BCUT2D eigenvalue weighted by molar-refractivity contribution is -0.384. The Morgan fingerprint density at radius 3 is 2.62 bits per heavy atom. The van der Waals surface area contributed by atoms with E-state index in [1.54, 1.807) is 30.3 Å². The third kappa shape index (κ3) is 5.98. The van der Waals surface area contributed by atoms with Crippen LogP contribution in [0.3, 0.4) is 0 Å². The van der Waals surface area contributed by atoms with E-state index in [4.69, 9.17) is 9.47 Å². The average molecular weight is 510 g/mol. The van der Waals surface area contributed by atoms with Gasteiger partial charge in [-0.25, -0.2) is 0 Å². The second-order valence-electron chi connectivity index (χ2n) is 9.03. The van der Waals surface area contributed by atoms with Crippen molar-refractivity contribution in [2.75, 3.05) is 46.0 Å². The van der Waals surface area contributed by atoms with E-state index in [9.17, 15) is 24.8 Å². The molecule has 1 atom stereocenters. The first-order valence-corrected chi connectivity index (χ1v) is 12.5. The minimum absolute atomic E-state index is 0.0930. The molecule has 10 heteroatoms. The Morgan fingerprint density at radius 2 is 1.89 bits per heavy atom. The van der Waals surface area contributed by atoms with Crippen molar-refractivity contribution in [1.29, 1.82) is 0 Å². The lowest BCUT2D eigenvalue weighted by Gasteiger charge is -2.29. The van der Waals surface area contributed by atoms with Crippen molar-refractivity contribution >= 4 is 23.1 Å². The van der Waals surface area contributed by atoms with Crippen LogP contribution in [0.1, 0.15) is 36.9 Å². The molecule has 1 unspecified atom stereocenters. The van der Waals surface area contributed by atoms with Gasteiger partial charge in [-0.1, -0.05) is 31.2 Å². The van der Waals surface area contributed by atoms with Crippen LogP contribution in [0.4, 0.5) is 5.69 Å². The Hall–Kier alpha value is -3.76. The first-order chi connectivity index (χ1) is 17.9. The summed E-state index contributed by atoms with van der Waals surface area (Å²) in [5.74, 6) is -1.37. The summed E-state index contributed by atoms with van der Waals surface area (Å²) in [5.41, 5.74) is 0.464. The molecule has 0 radical (unpaired) electrons. The van der Waals surface area contributed by atoms with E-state index in [0.29, 0.717) is 49.7 Å². The number of rotatable bonds is 10. The Morgan fingerprint density at radius 1 is 1.14 bits per heavy atom. The third-order valence-corrected chi connectivity index (χ3v) is 6.49. The van der Waals surface area contributed by atoms with Crippen LogP contribution in [0.2, 0.25) is 0 Å². The monoisotopic (exact) mass is 509 g/mol. The van der Waals surface area contributed by atoms with Crippen molar-refractivity contribution in [1.82, 2.24) is 9.80 Å². The maximum atomic E-state index is 13.3. The molecule has 4 rings (SSSR count). The van der Waals surface area contributed by atoms with E-state index in [0.717, 1.165) is 19.5 Å². The van der Waals surface area contributed by atoms with E-state index >= 15 is 0 Å². The van der Waals surface area contributed by atoms with Crippen LogP contribution in [-0.4, -0.2) is 77.5 Å². The quantitative estimate of drug-likeness (QED) is 0.170. The highest BCUT2D eigenvalue weighted by molar-refractivity contribution is 6.46. The maximum Gasteiger partial charge on any atom is 0.295 e. The van der Waals surface area contributed by atoms with Crippen LogP contribution in [0.5, 0.6) is 5.75 Å². The largest absolute Gasteiger partial charge is 0.507 e. The summed E-state index contributed by atoms with van der Waals surface area (Å²) in [6.45, 7) is 6.33. The van der Waals surface area contributed by atoms with Crippen molar-refractivity contribution in [2.45, 2.75) is 25.8 Å². The number of aliphatic hydroxyl groups excluding tert-OH is 1. The summed E-state index contributed by atoms with van der Waals surface area (Å²) in [6.07, 6.45) is 1.40. The van der Waals surface area contributed by atoms with Gasteiger partial charge in [0.15, 0.2) is 0 Å². The van der Waals surface area contributed by atoms with E-state index in [1.807, 2.05) is 6.92 Å². The fourth-order valence-corrected chi connectivity index (χ4v) is 4.66. The van der Waals surface area contributed by atoms with Crippen LogP contribution in [0.25, 0.3) is 5.76 Å². The second-order valence-corrected chi connectivity index (χ2v) is 9.03. The number of carbonyl (C=O) groups excluding carboxylic acids is 2. The van der Waals surface area contributed by atoms with E-state index in [2.05, 4.69) is 4.90 Å². The van der Waals surface area contributed by atoms with Crippen LogP contribution < -0.4 is 4.74 Å². The molecule has 1 amide bonds. The van der Waals surface area contributed by atoms with Crippen LogP contribution in [-0.2, 0) is 14.3 Å². The highest BCUT2D eigenvalue weighted by Crippen LogP contribution is 2.40. The number of amides is 1. The molecule has 37 heavy (non-hydrogen) atoms. The fraction of sp³-hybridized carbons (Fsp3) is 0.407. The normalized spacial score (nSPS) is 19.8. The molecule has 2 aliphatic rings. The smallest absolute Gasteiger partial charge is 0.295 e. The molecule has 2 aromatic carbocycles. The number of nitro benzene ring substituents is 1. The van der Waals surface area contributed by atoms with Gasteiger partial charge in [-0.2, -0.15) is 0 Å². The molecule has 196 valence electrons. The molecule has 0 spiro atoms. The Kier molecular flexibility index (Phi) is 8.52. The molecule has 2 heterocycles. The summed E-state index contributed by atoms with van der Waals surface area (Å²) < 4.78 is 11.0. The van der Waals surface area contributed by atoms with Crippen molar-refractivity contribution < 1.29 is 29.1 Å². The summed E-state index contributed by atoms with van der Waals surface area (Å²) >= 11 is 0. The van der Waals surface area contributed by atoms with E-state index < -0.39 is 22.7 Å². The third-order valence-electron chi connectivity index (χ3n) is 6.49. The minimum atomic E-state index is -0.954. The minimum Gasteiger partial charge on any atom is -0.507 e. The number of carbonyl (C=O) groups is 2. The number of ketones is 1. The Bertz CT molecular complexity index is 1190. The van der Waals surface area contributed by atoms with Gasteiger partial charge in [-0.3, -0.25) is 24.6 Å². The number of nitro groups is 1. The van der Waals surface area contributed by atoms with Crippen molar-refractivity contribution in [3.63, 3.8) is 0 Å². The van der Waals surface area contributed by atoms with Gasteiger partial charge in [-0.15, -0.1) is 0 Å². The number of morpholine rings is 1. The number of benzene rings is 2. The summed E-state index contributed by atoms with van der Waals surface area (Å²) in [6, 6.07) is 11.6. The SMILES string of the molecule is CCCOc1cccc(C(O)=C2C(=O)C(=O)N(CCCN3CCOCC3)C2c2cccc([N+](=O)[O-])c2)c1. The molecular formula is C27H31N3O7. The topological polar surface area (TPSA) is 122 Å². The van der Waals surface area contributed by atoms with Crippen molar-refractivity contribution in [2.24, 2.45) is 0 Å². The summed E-state index contributed by atoms with van der Waals surface area (Å²) in [7, 11) is 0. The number of aliphatic hydroxyl groups is 1. The molecule has 2 aromatic rings. The van der Waals surface area contributed by atoms with Crippen molar-refractivity contribution in [3.8, 4) is 5.75 Å². The molecule has 2 saturated heterocycles. The Balaban J connectivity index is 1.70. The highest BCUT2D eigenvalue weighted by atomic mass is 16.6. The van der Waals surface area contributed by atoms with Gasteiger partial charge in [0.2, 0.25) is 0 Å². The van der Waals surface area contributed by atoms with Gasteiger partial charge < -0.3 is 19.5 Å². The Labute approximate surface area is 215 Å². The van der Waals surface area contributed by atoms with Crippen LogP contribution in [0, 0.1) is 10.1 Å². The van der Waals surface area contributed by atoms with Gasteiger partial charge in [-0.05, 0) is 30.5 Å². The number of nitrogens with zero attached hydrogens (tertiary/aromatic N) is 3. The van der Waals surface area contributed by atoms with Crippen molar-refractivity contribution in [3.05, 3.63) is 75.3 Å². The highest BCUT2D eigenvalue weighted by Gasteiger charge is 2.46. The molecule has 10 nitrogen and oxygen atoms in total. The number of Topliss-reactive ketones (excluding diaryl/α,β-unsaturated/α-hetero) is 1. The van der Waals surface area contributed by atoms with E-state index in [-0.39, 0.29) is 23.6 Å². The van der Waals surface area contributed by atoms with Gasteiger partial charge in [0.1, 0.15) is 11.5 Å². The number of hydrogen-bond acceptors (Lipinski definition) is 8. The number of non-ortho nitro benzene ring substituents is 1. The summed E-state index contributed by atoms with van der Waals surface area (Å²) in [5, 5.41) is 22.7. The predicted octanol–water partition coefficient (Wildman–Crippen LogP) is 3.53. The maximum absolute atomic E-state index is 13.3. The number of hydrogen-bond donors (Lipinski definition) is 1. The molecule has 0 saturated carbocycles. The van der Waals surface area contributed by atoms with Crippen LogP contribution in [0.15, 0.2) is 54.1 Å². The molecule has 0 aliphatic carbocycles. The molecule has 2 aliphatic heterocycles. The zero-order chi connectivity index (χ0) is 26.4. The van der Waals surface area contributed by atoms with E-state index in [1.165, 1.54) is 23.1 Å². The van der Waals surface area contributed by atoms with Gasteiger partial charge in [0.05, 0.1) is 36.4 Å². The molecule has 0 aromatic heterocycles. The fourth-order valence-electron chi connectivity index (χ4n) is 4.66. The average Bonchev–Trinajstić information content (AvgIpc) is 3.17. The zero-order valence-corrected chi connectivity index (χ0v) is 20.8. The first kappa shape index (κ1) is 26.3. The van der Waals surface area contributed by atoms with Gasteiger partial charge >= 0.3 is 0 Å². The number of likely N-dealkylation sites (tertiary alicyclic amines) is 1. The lowest BCUT2D eigenvalue weighted by atomic mass is 9.95. The molecule has 0 bridgehead atoms. The van der Waals surface area contributed by atoms with Crippen LogP contribution >= 0.6 is 0 Å². The second kappa shape index (κ2) is 12.0. The molecule has 1 N–H and O–H groups in total. The number of ether oxygens (including phenoxy) is 2. The zero-order valence-electron chi connectivity index (χ0n) is 20.8. The van der Waals surface area contributed by atoms with Gasteiger partial charge in [0, 0.05) is 43.9 Å². The first-order valence-electron chi connectivity index (χ1n) is 12.5.